The molecular formula is C120H88N4O22. The molecule has 0 N–H and O–H groups in total. The maximum Gasteiger partial charge on any atom is 0.338 e. The summed E-state index contributed by atoms with van der Waals surface area (Å²) in [5.41, 5.74) is 3.04. The summed E-state index contributed by atoms with van der Waals surface area (Å²) in [6.45, 7) is 19.6. The van der Waals surface area contributed by atoms with Gasteiger partial charge in [0.25, 0.3) is 23.6 Å². The Bertz CT molecular complexity index is 7210. The van der Waals surface area contributed by atoms with Crippen molar-refractivity contribution in [2.75, 3.05) is 13.1 Å². The van der Waals surface area contributed by atoms with Crippen LogP contribution >= 0.6 is 0 Å². The fourth-order valence-electron chi connectivity index (χ4n) is 16.9. The van der Waals surface area contributed by atoms with Crippen LogP contribution in [0.2, 0.25) is 0 Å². The van der Waals surface area contributed by atoms with E-state index in [2.05, 4.69) is 26.3 Å². The third kappa shape index (κ3) is 21.0. The molecule has 146 heavy (non-hydrogen) atoms. The zero-order valence-corrected chi connectivity index (χ0v) is 79.2. The molecule has 0 aromatic heterocycles. The maximum absolute atomic E-state index is 16.8. The van der Waals surface area contributed by atoms with Crippen LogP contribution in [0.3, 0.4) is 0 Å². The minimum Gasteiger partial charge on any atom is -0.457 e. The second-order valence-electron chi connectivity index (χ2n) is 34.8. The number of carbonyl (C=O) groups excluding carboxylic acids is 10. The SMILES string of the molecule is C=C(C)C(=O)Oc1cccc(Oc2ccc(Oc3cc4c5c(cc(Oc6ccc(Oc7cccc(OC(=O)C(=C)C)c7)cc6)c6c7c(Oc8ccc(Oc9cccc(OC(=O)C(=C)C)c9)cc8)cc8c9c(cc(Oc%10ccc(Oc%11cccc(OC(=O)C(=C)C)c%11)cc%10)c(c3c56)c97)C(=O)N(CC(=O)N(Cc3ccccc3)Cc3ccccc3)C8=O)C(=O)N(CC(=O)N(Cc3ccccc3)Cc3ccccc3)C4=O)cc2)c1. The predicted molar refractivity (Wildman–Crippen MR) is 547 cm³/mol. The highest BCUT2D eigenvalue weighted by Crippen LogP contribution is 2.59. The largest absolute Gasteiger partial charge is 0.457 e. The van der Waals surface area contributed by atoms with Crippen LogP contribution in [0.1, 0.15) is 91.4 Å². The van der Waals surface area contributed by atoms with Gasteiger partial charge in [-0.15, -0.1) is 0 Å². The van der Waals surface area contributed by atoms with E-state index < -0.39 is 72.4 Å². The number of nitrogens with zero attached hydrogens (tertiary/aromatic N) is 4. The van der Waals surface area contributed by atoms with Crippen LogP contribution < -0.4 is 56.8 Å². The Morgan fingerprint density at radius 2 is 0.411 bits per heavy atom. The summed E-state index contributed by atoms with van der Waals surface area (Å²) in [6.07, 6.45) is 0. The molecule has 720 valence electrons. The van der Waals surface area contributed by atoms with Gasteiger partial charge in [0, 0.05) is 116 Å². The van der Waals surface area contributed by atoms with Crippen molar-refractivity contribution in [3.05, 3.63) is 433 Å². The van der Waals surface area contributed by atoms with Gasteiger partial charge in [0.1, 0.15) is 128 Å². The first-order valence-electron chi connectivity index (χ1n) is 46.2. The number of benzene rings is 17. The minimum atomic E-state index is -0.939. The van der Waals surface area contributed by atoms with Crippen molar-refractivity contribution in [2.45, 2.75) is 53.9 Å². The maximum atomic E-state index is 16.8. The number of esters is 4. The van der Waals surface area contributed by atoms with E-state index in [1.807, 2.05) is 121 Å². The quantitative estimate of drug-likeness (QED) is 0.00880. The fraction of sp³-hybridized carbons (Fsp3) is 0.0833. The monoisotopic (exact) mass is 1940 g/mol. The average Bonchev–Trinajstić information content (AvgIpc) is 0.669. The molecule has 0 saturated heterocycles. The Morgan fingerprint density at radius 1 is 0.219 bits per heavy atom. The van der Waals surface area contributed by atoms with Crippen molar-refractivity contribution >= 4 is 102 Å². The molecule has 0 aliphatic carbocycles. The van der Waals surface area contributed by atoms with Gasteiger partial charge in [0.2, 0.25) is 11.8 Å². The molecular weight excluding hydrogens is 1850 g/mol. The molecule has 26 nitrogen and oxygen atoms in total. The molecule has 0 fully saturated rings. The summed E-state index contributed by atoms with van der Waals surface area (Å²) in [5, 5.41) is 0.384. The lowest BCUT2D eigenvalue weighted by Crippen LogP contribution is -2.47. The Balaban J connectivity index is 0.864. The van der Waals surface area contributed by atoms with Gasteiger partial charge in [-0.05, 0) is 220 Å². The molecule has 0 bridgehead atoms. The molecule has 2 aliphatic heterocycles. The van der Waals surface area contributed by atoms with E-state index >= 15 is 28.8 Å². The first-order valence-corrected chi connectivity index (χ1v) is 46.2. The number of imide groups is 2. The van der Waals surface area contributed by atoms with Crippen molar-refractivity contribution in [3.8, 4) is 115 Å². The van der Waals surface area contributed by atoms with Gasteiger partial charge in [0.15, 0.2) is 0 Å². The molecule has 17 aromatic carbocycles. The number of carbonyl (C=O) groups is 10. The van der Waals surface area contributed by atoms with Crippen LogP contribution in [0.25, 0.3) is 43.1 Å². The van der Waals surface area contributed by atoms with Crippen LogP contribution in [-0.2, 0) is 54.9 Å². The Hall–Kier alpha value is -19.5. The van der Waals surface area contributed by atoms with E-state index in [0.717, 1.165) is 32.1 Å². The van der Waals surface area contributed by atoms with Crippen molar-refractivity contribution in [1.29, 1.82) is 0 Å². The second kappa shape index (κ2) is 41.5. The van der Waals surface area contributed by atoms with Gasteiger partial charge >= 0.3 is 23.9 Å². The predicted octanol–water partition coefficient (Wildman–Crippen LogP) is 25.7. The highest BCUT2D eigenvalue weighted by molar-refractivity contribution is 6.45. The van der Waals surface area contributed by atoms with E-state index in [9.17, 15) is 19.2 Å². The third-order valence-electron chi connectivity index (χ3n) is 23.8. The fourth-order valence-corrected chi connectivity index (χ4v) is 16.9. The lowest BCUT2D eigenvalue weighted by atomic mass is 9.80. The Kier molecular flexibility index (Phi) is 27.1. The average molecular weight is 1940 g/mol. The number of fused-ring (bicyclic) bond motifs is 2. The van der Waals surface area contributed by atoms with Crippen molar-refractivity contribution in [2.24, 2.45) is 0 Å². The smallest absolute Gasteiger partial charge is 0.338 e. The van der Waals surface area contributed by atoms with Crippen molar-refractivity contribution in [1.82, 2.24) is 19.6 Å². The van der Waals surface area contributed by atoms with Gasteiger partial charge in [-0.1, -0.05) is 172 Å². The molecule has 6 amide bonds. The van der Waals surface area contributed by atoms with Gasteiger partial charge in [-0.2, -0.15) is 0 Å². The molecule has 17 aromatic rings. The third-order valence-corrected chi connectivity index (χ3v) is 23.8. The number of hydrogen-bond donors (Lipinski definition) is 0. The number of hydrogen-bond acceptors (Lipinski definition) is 22. The van der Waals surface area contributed by atoms with Crippen LogP contribution in [0.4, 0.5) is 0 Å². The van der Waals surface area contributed by atoms with Gasteiger partial charge < -0.3 is 66.6 Å². The molecule has 0 atom stereocenters. The van der Waals surface area contributed by atoms with Gasteiger partial charge in [-0.25, -0.2) is 19.2 Å². The van der Waals surface area contributed by atoms with Crippen LogP contribution in [0, 0.1) is 0 Å². The molecule has 0 spiro atoms. The molecule has 19 rings (SSSR count). The van der Waals surface area contributed by atoms with Crippen LogP contribution in [-0.4, -0.2) is 92.0 Å². The topological polar surface area (TPSA) is 294 Å². The van der Waals surface area contributed by atoms with Crippen molar-refractivity contribution in [3.63, 3.8) is 0 Å². The number of ether oxygens (including phenoxy) is 12. The van der Waals surface area contributed by atoms with E-state index in [4.69, 9.17) is 56.8 Å². The molecule has 0 unspecified atom stereocenters. The normalized spacial score (nSPS) is 11.9. The summed E-state index contributed by atoms with van der Waals surface area (Å²) in [6, 6.07) is 94.1. The highest BCUT2D eigenvalue weighted by atomic mass is 16.6. The van der Waals surface area contributed by atoms with Crippen LogP contribution in [0.5, 0.6) is 115 Å². The Labute approximate surface area is 836 Å². The zero-order valence-electron chi connectivity index (χ0n) is 79.2. The van der Waals surface area contributed by atoms with E-state index in [-0.39, 0.29) is 229 Å². The van der Waals surface area contributed by atoms with Gasteiger partial charge in [0.05, 0.1) is 22.3 Å². The second-order valence-corrected chi connectivity index (χ2v) is 34.8. The summed E-state index contributed by atoms with van der Waals surface area (Å²) >= 11 is 0. The first-order chi connectivity index (χ1) is 70.7. The first kappa shape index (κ1) is 95.4. The lowest BCUT2D eigenvalue weighted by Gasteiger charge is -2.33. The standard InChI is InChI=1S/C120H88N4O22/c1-71(2)117(131)143-91-37-21-33-87(57-91)135-79-41-49-83(50-42-79)139-99-61-95-105-96(114(128)123(113(95)127)69-103(125)121(65-75-25-13-9-14-26-75)66-76-27-15-10-16-28-76)63-101(141-85-53-45-81(46-54-85)137-89-35-23-39-93(59-89)145-119(133)73(5)6)109-110-102(142-86-55-47-82(48-56-86)138-90-36-24-40-94(60-90)146-120(134)74(7)8)64-98-106-97(115(129)124(116(98)130)70-104(126)122(67-77-29-17-11-18-30-77)68-78-31-19-12-20-32-78)62-100(108(112(106)110)107(99)111(105)109)140-84-51-43-80(44-52-84)136-88-34-22-38-92(58-88)144-118(132)72(3)4/h9-64H,1,3,5,7,65-70H2,2,4,6,8H3. The molecule has 0 radical (unpaired) electrons. The molecule has 0 saturated carbocycles. The van der Waals surface area contributed by atoms with Crippen molar-refractivity contribution < 1.29 is 105 Å². The molecule has 26 heteroatoms. The van der Waals surface area contributed by atoms with Crippen LogP contribution in [0.15, 0.2) is 388 Å². The van der Waals surface area contributed by atoms with E-state index in [0.29, 0.717) is 0 Å². The molecule has 2 aliphatic rings. The summed E-state index contributed by atoms with van der Waals surface area (Å²) in [5.74, 6) is -4.82. The number of rotatable bonds is 36. The lowest BCUT2D eigenvalue weighted by molar-refractivity contribution is -0.133. The summed E-state index contributed by atoms with van der Waals surface area (Å²) < 4.78 is 77.5. The summed E-state index contributed by atoms with van der Waals surface area (Å²) in [7, 11) is 0. The zero-order chi connectivity index (χ0) is 102. The highest BCUT2D eigenvalue weighted by Gasteiger charge is 2.44. The molecule has 2 heterocycles. The number of amides is 6. The van der Waals surface area contributed by atoms with E-state index in [1.54, 1.807) is 180 Å². The van der Waals surface area contributed by atoms with E-state index in [1.165, 1.54) is 76.2 Å². The minimum absolute atomic E-state index is 0.00178. The Morgan fingerprint density at radius 3 is 0.610 bits per heavy atom. The summed E-state index contributed by atoms with van der Waals surface area (Å²) in [4.78, 5) is 155. The van der Waals surface area contributed by atoms with Gasteiger partial charge in [-0.3, -0.25) is 38.6 Å².